The van der Waals surface area contributed by atoms with E-state index in [1.165, 1.54) is 51.6 Å². The van der Waals surface area contributed by atoms with E-state index in [0.717, 1.165) is 38.3 Å². The van der Waals surface area contributed by atoms with Crippen molar-refractivity contribution in [2.24, 2.45) is 5.92 Å². The van der Waals surface area contributed by atoms with Gasteiger partial charge in [-0.25, -0.2) is 0 Å². The molecule has 0 aromatic heterocycles. The van der Waals surface area contributed by atoms with Gasteiger partial charge in [-0.1, -0.05) is 26.2 Å². The lowest BCUT2D eigenvalue weighted by atomic mass is 9.84. The first-order chi connectivity index (χ1) is 8.88. The van der Waals surface area contributed by atoms with Crippen LogP contribution in [0.15, 0.2) is 0 Å². The maximum absolute atomic E-state index is 5.37. The highest BCUT2D eigenvalue weighted by Gasteiger charge is 2.19. The van der Waals surface area contributed by atoms with Crippen LogP contribution in [0.1, 0.15) is 45.4 Å². The summed E-state index contributed by atoms with van der Waals surface area (Å²) in [5.74, 6) is 0.982. The number of hydrogen-bond acceptors (Lipinski definition) is 3. The molecule has 2 fully saturated rings. The van der Waals surface area contributed by atoms with E-state index in [1.54, 1.807) is 0 Å². The number of ether oxygens (including phenoxy) is 1. The Kier molecular flexibility index (Phi) is 6.46. The van der Waals surface area contributed by atoms with Crippen molar-refractivity contribution < 1.29 is 4.74 Å². The zero-order valence-electron chi connectivity index (χ0n) is 12.0. The first-order valence-corrected chi connectivity index (χ1v) is 7.92. The smallest absolute Gasteiger partial charge is 0.0594 e. The van der Waals surface area contributed by atoms with Crippen molar-refractivity contribution in [3.8, 4) is 0 Å². The summed E-state index contributed by atoms with van der Waals surface area (Å²) in [5, 5.41) is 3.77. The van der Waals surface area contributed by atoms with Gasteiger partial charge in [0.05, 0.1) is 13.2 Å². The average molecular weight is 254 g/mol. The molecule has 1 aliphatic heterocycles. The second-order valence-corrected chi connectivity index (χ2v) is 5.90. The molecule has 2 atom stereocenters. The molecule has 2 aliphatic rings. The van der Waals surface area contributed by atoms with Crippen LogP contribution in [-0.4, -0.2) is 50.3 Å². The van der Waals surface area contributed by atoms with E-state index in [4.69, 9.17) is 4.74 Å². The third-order valence-corrected chi connectivity index (χ3v) is 4.55. The quantitative estimate of drug-likeness (QED) is 0.736. The first-order valence-electron chi connectivity index (χ1n) is 7.92. The van der Waals surface area contributed by atoms with Crippen molar-refractivity contribution >= 4 is 0 Å². The molecule has 0 bridgehead atoms. The van der Waals surface area contributed by atoms with Gasteiger partial charge in [-0.3, -0.25) is 4.90 Å². The molecule has 1 N–H and O–H groups in total. The molecule has 2 rings (SSSR count). The third-order valence-electron chi connectivity index (χ3n) is 4.55. The molecule has 0 aromatic rings. The fourth-order valence-corrected chi connectivity index (χ4v) is 3.28. The number of rotatable bonds is 6. The SMILES string of the molecule is CCC1CCCC(NCCCN2CCOCC2)C1. The summed E-state index contributed by atoms with van der Waals surface area (Å²) < 4.78 is 5.37. The Hall–Kier alpha value is -0.120. The Balaban J connectivity index is 1.52. The number of nitrogens with one attached hydrogen (secondary N) is 1. The molecule has 2 unspecified atom stereocenters. The van der Waals surface area contributed by atoms with E-state index in [2.05, 4.69) is 17.1 Å². The van der Waals surface area contributed by atoms with Gasteiger partial charge in [0, 0.05) is 19.1 Å². The lowest BCUT2D eigenvalue weighted by Crippen LogP contribution is -2.39. The van der Waals surface area contributed by atoms with Crippen molar-refractivity contribution in [1.29, 1.82) is 0 Å². The van der Waals surface area contributed by atoms with Crippen LogP contribution in [0.3, 0.4) is 0 Å². The van der Waals surface area contributed by atoms with Crippen LogP contribution in [-0.2, 0) is 4.74 Å². The molecule has 106 valence electrons. The van der Waals surface area contributed by atoms with E-state index in [-0.39, 0.29) is 0 Å². The van der Waals surface area contributed by atoms with Gasteiger partial charge in [-0.15, -0.1) is 0 Å². The van der Waals surface area contributed by atoms with E-state index in [0.29, 0.717) is 0 Å². The normalized spacial score (nSPS) is 30.5. The van der Waals surface area contributed by atoms with Crippen molar-refractivity contribution in [1.82, 2.24) is 10.2 Å². The lowest BCUT2D eigenvalue weighted by Gasteiger charge is -2.30. The van der Waals surface area contributed by atoms with E-state index >= 15 is 0 Å². The maximum atomic E-state index is 5.37. The van der Waals surface area contributed by atoms with E-state index in [1.807, 2.05) is 0 Å². The predicted octanol–water partition coefficient (Wildman–Crippen LogP) is 2.27. The summed E-state index contributed by atoms with van der Waals surface area (Å²) in [7, 11) is 0. The highest BCUT2D eigenvalue weighted by molar-refractivity contribution is 4.77. The Morgan fingerprint density at radius 1 is 1.22 bits per heavy atom. The Morgan fingerprint density at radius 3 is 2.83 bits per heavy atom. The second kappa shape index (κ2) is 8.13. The Labute approximate surface area is 112 Å². The second-order valence-electron chi connectivity index (χ2n) is 5.90. The minimum absolute atomic E-state index is 0.799. The van der Waals surface area contributed by atoms with Gasteiger partial charge in [0.2, 0.25) is 0 Å². The largest absolute Gasteiger partial charge is 0.379 e. The summed E-state index contributed by atoms with van der Waals surface area (Å²) in [6.07, 6.45) is 8.35. The molecule has 0 amide bonds. The molecular formula is C15H30N2O. The van der Waals surface area contributed by atoms with Crippen LogP contribution in [0.4, 0.5) is 0 Å². The number of morpholine rings is 1. The fourth-order valence-electron chi connectivity index (χ4n) is 3.28. The minimum Gasteiger partial charge on any atom is -0.379 e. The molecule has 0 aromatic carbocycles. The standard InChI is InChI=1S/C15H30N2O/c1-2-14-5-3-6-15(13-14)16-7-4-8-17-9-11-18-12-10-17/h14-16H,2-13H2,1H3. The highest BCUT2D eigenvalue weighted by atomic mass is 16.5. The predicted molar refractivity (Wildman–Crippen MR) is 75.9 cm³/mol. The molecule has 3 nitrogen and oxygen atoms in total. The van der Waals surface area contributed by atoms with E-state index in [9.17, 15) is 0 Å². The zero-order valence-corrected chi connectivity index (χ0v) is 12.0. The summed E-state index contributed by atoms with van der Waals surface area (Å²) in [6, 6.07) is 0.799. The van der Waals surface area contributed by atoms with Gasteiger partial charge < -0.3 is 10.1 Å². The van der Waals surface area contributed by atoms with E-state index < -0.39 is 0 Å². The minimum atomic E-state index is 0.799. The number of nitrogens with zero attached hydrogens (tertiary/aromatic N) is 1. The lowest BCUT2D eigenvalue weighted by molar-refractivity contribution is 0.0373. The molecular weight excluding hydrogens is 224 g/mol. The molecule has 3 heteroatoms. The number of hydrogen-bond donors (Lipinski definition) is 1. The van der Waals surface area contributed by atoms with Crippen LogP contribution >= 0.6 is 0 Å². The highest BCUT2D eigenvalue weighted by Crippen LogP contribution is 2.26. The topological polar surface area (TPSA) is 24.5 Å². The van der Waals surface area contributed by atoms with Crippen molar-refractivity contribution in [2.45, 2.75) is 51.5 Å². The van der Waals surface area contributed by atoms with Crippen LogP contribution in [0.25, 0.3) is 0 Å². The van der Waals surface area contributed by atoms with Gasteiger partial charge in [0.1, 0.15) is 0 Å². The van der Waals surface area contributed by atoms with Crippen molar-refractivity contribution in [2.75, 3.05) is 39.4 Å². The monoisotopic (exact) mass is 254 g/mol. The molecule has 0 spiro atoms. The Morgan fingerprint density at radius 2 is 2.06 bits per heavy atom. The van der Waals surface area contributed by atoms with Gasteiger partial charge >= 0.3 is 0 Å². The van der Waals surface area contributed by atoms with Gasteiger partial charge in [0.15, 0.2) is 0 Å². The van der Waals surface area contributed by atoms with Gasteiger partial charge in [-0.2, -0.15) is 0 Å². The average Bonchev–Trinajstić information content (AvgIpc) is 2.45. The molecule has 1 aliphatic carbocycles. The van der Waals surface area contributed by atoms with Gasteiger partial charge in [-0.05, 0) is 38.3 Å². The molecule has 18 heavy (non-hydrogen) atoms. The molecule has 1 saturated heterocycles. The van der Waals surface area contributed by atoms with Crippen molar-refractivity contribution in [3.05, 3.63) is 0 Å². The summed E-state index contributed by atoms with van der Waals surface area (Å²) in [4.78, 5) is 2.53. The Bertz CT molecular complexity index is 217. The van der Waals surface area contributed by atoms with Crippen LogP contribution in [0, 0.1) is 5.92 Å². The summed E-state index contributed by atoms with van der Waals surface area (Å²) in [5.41, 5.74) is 0. The molecule has 0 radical (unpaired) electrons. The van der Waals surface area contributed by atoms with Crippen LogP contribution in [0.5, 0.6) is 0 Å². The fraction of sp³-hybridized carbons (Fsp3) is 1.00. The van der Waals surface area contributed by atoms with Crippen LogP contribution < -0.4 is 5.32 Å². The maximum Gasteiger partial charge on any atom is 0.0594 e. The molecule has 1 heterocycles. The molecule has 1 saturated carbocycles. The van der Waals surface area contributed by atoms with Gasteiger partial charge in [0.25, 0.3) is 0 Å². The summed E-state index contributed by atoms with van der Waals surface area (Å²) >= 11 is 0. The van der Waals surface area contributed by atoms with Crippen molar-refractivity contribution in [3.63, 3.8) is 0 Å². The third kappa shape index (κ3) is 4.87. The summed E-state index contributed by atoms with van der Waals surface area (Å²) in [6.45, 7) is 8.87. The zero-order chi connectivity index (χ0) is 12.6. The first kappa shape index (κ1) is 14.3. The van der Waals surface area contributed by atoms with Crippen LogP contribution in [0.2, 0.25) is 0 Å².